The van der Waals surface area contributed by atoms with Gasteiger partial charge in [-0.2, -0.15) is 0 Å². The van der Waals surface area contributed by atoms with Crippen LogP contribution in [-0.4, -0.2) is 50.6 Å². The molecule has 0 radical (unpaired) electrons. The standard InChI is InChI=1S/C17H24N4O2/c1-20-13-18-19-17(20)16-8-5-9-21(16)10-15(22)12-23-11-14-6-3-2-4-7-14/h2-4,6-7,13,15-16,22H,5,8-12H2,1H3. The maximum absolute atomic E-state index is 10.3. The molecule has 3 rings (SSSR count). The summed E-state index contributed by atoms with van der Waals surface area (Å²) in [7, 11) is 1.96. The fraction of sp³-hybridized carbons (Fsp3) is 0.529. The Balaban J connectivity index is 1.47. The van der Waals surface area contributed by atoms with Crippen molar-refractivity contribution in [2.75, 3.05) is 19.7 Å². The molecule has 6 heteroatoms. The van der Waals surface area contributed by atoms with Gasteiger partial charge in [0.2, 0.25) is 0 Å². The number of aromatic nitrogens is 3. The minimum Gasteiger partial charge on any atom is -0.389 e. The number of aryl methyl sites for hydroxylation is 1. The minimum atomic E-state index is -0.493. The van der Waals surface area contributed by atoms with E-state index in [-0.39, 0.29) is 6.04 Å². The molecular formula is C17H24N4O2. The molecule has 1 fully saturated rings. The van der Waals surface area contributed by atoms with Gasteiger partial charge < -0.3 is 14.4 Å². The molecule has 1 aliphatic heterocycles. The number of aliphatic hydroxyl groups is 1. The highest BCUT2D eigenvalue weighted by atomic mass is 16.5. The highest BCUT2D eigenvalue weighted by molar-refractivity contribution is 5.13. The molecule has 2 aromatic rings. The highest BCUT2D eigenvalue weighted by Gasteiger charge is 2.30. The van der Waals surface area contributed by atoms with Gasteiger partial charge in [0.15, 0.2) is 0 Å². The van der Waals surface area contributed by atoms with Crippen molar-refractivity contribution in [3.05, 3.63) is 48.0 Å². The normalized spacial score (nSPS) is 20.0. The first kappa shape index (κ1) is 16.1. The van der Waals surface area contributed by atoms with Crippen LogP contribution in [0.25, 0.3) is 0 Å². The third-order valence-electron chi connectivity index (χ3n) is 4.28. The van der Waals surface area contributed by atoms with Gasteiger partial charge in [0.05, 0.1) is 25.4 Å². The molecule has 0 bridgehead atoms. The molecule has 1 aromatic carbocycles. The Morgan fingerprint density at radius 2 is 2.17 bits per heavy atom. The quantitative estimate of drug-likeness (QED) is 0.839. The Hall–Kier alpha value is -1.76. The van der Waals surface area contributed by atoms with Gasteiger partial charge in [-0.1, -0.05) is 30.3 Å². The van der Waals surface area contributed by atoms with E-state index in [4.69, 9.17) is 4.74 Å². The smallest absolute Gasteiger partial charge is 0.149 e. The van der Waals surface area contributed by atoms with Crippen LogP contribution in [0, 0.1) is 0 Å². The lowest BCUT2D eigenvalue weighted by Crippen LogP contribution is -2.35. The van der Waals surface area contributed by atoms with Crippen LogP contribution in [-0.2, 0) is 18.4 Å². The van der Waals surface area contributed by atoms with E-state index in [1.54, 1.807) is 6.33 Å². The van der Waals surface area contributed by atoms with Crippen molar-refractivity contribution in [1.29, 1.82) is 0 Å². The van der Waals surface area contributed by atoms with E-state index in [9.17, 15) is 5.11 Å². The Bertz CT molecular complexity index is 602. The third kappa shape index (κ3) is 4.16. The summed E-state index contributed by atoms with van der Waals surface area (Å²) in [5.74, 6) is 0.972. The first-order chi connectivity index (χ1) is 11.2. The number of hydrogen-bond donors (Lipinski definition) is 1. The summed E-state index contributed by atoms with van der Waals surface area (Å²) in [5.41, 5.74) is 1.12. The molecule has 0 aliphatic carbocycles. The predicted octanol–water partition coefficient (Wildman–Crippen LogP) is 1.53. The van der Waals surface area contributed by atoms with Gasteiger partial charge >= 0.3 is 0 Å². The third-order valence-corrected chi connectivity index (χ3v) is 4.28. The fourth-order valence-electron chi connectivity index (χ4n) is 3.14. The summed E-state index contributed by atoms with van der Waals surface area (Å²) in [6.45, 7) is 2.46. The van der Waals surface area contributed by atoms with Crippen molar-refractivity contribution in [3.63, 3.8) is 0 Å². The number of likely N-dealkylation sites (tertiary alicyclic amines) is 1. The van der Waals surface area contributed by atoms with Gasteiger partial charge in [-0.25, -0.2) is 0 Å². The SMILES string of the molecule is Cn1cnnc1C1CCCN1CC(O)COCc1ccccc1. The molecule has 6 nitrogen and oxygen atoms in total. The van der Waals surface area contributed by atoms with E-state index < -0.39 is 6.10 Å². The van der Waals surface area contributed by atoms with Crippen molar-refractivity contribution in [2.24, 2.45) is 7.05 Å². The van der Waals surface area contributed by atoms with Gasteiger partial charge in [-0.15, -0.1) is 10.2 Å². The number of β-amino-alcohol motifs (C(OH)–C–C–N with tert-alkyl or cyclic N) is 1. The summed E-state index contributed by atoms with van der Waals surface area (Å²) in [5, 5.41) is 18.4. The molecule has 2 atom stereocenters. The predicted molar refractivity (Wildman–Crippen MR) is 86.7 cm³/mol. The molecule has 124 valence electrons. The molecule has 0 saturated carbocycles. The van der Waals surface area contributed by atoms with Gasteiger partial charge in [0.1, 0.15) is 12.2 Å². The first-order valence-electron chi connectivity index (χ1n) is 8.11. The van der Waals surface area contributed by atoms with Crippen LogP contribution in [0.2, 0.25) is 0 Å². The fourth-order valence-corrected chi connectivity index (χ4v) is 3.14. The van der Waals surface area contributed by atoms with Crippen molar-refractivity contribution in [3.8, 4) is 0 Å². The molecule has 1 saturated heterocycles. The van der Waals surface area contributed by atoms with E-state index in [0.717, 1.165) is 30.8 Å². The largest absolute Gasteiger partial charge is 0.389 e. The van der Waals surface area contributed by atoms with Crippen molar-refractivity contribution < 1.29 is 9.84 Å². The van der Waals surface area contributed by atoms with Gasteiger partial charge in [-0.3, -0.25) is 4.90 Å². The lowest BCUT2D eigenvalue weighted by Gasteiger charge is -2.26. The van der Waals surface area contributed by atoms with Crippen LogP contribution in [0.15, 0.2) is 36.7 Å². The van der Waals surface area contributed by atoms with E-state index in [1.165, 1.54) is 0 Å². The molecule has 0 spiro atoms. The van der Waals surface area contributed by atoms with Crippen molar-refractivity contribution >= 4 is 0 Å². The van der Waals surface area contributed by atoms with E-state index in [1.807, 2.05) is 41.9 Å². The zero-order valence-electron chi connectivity index (χ0n) is 13.5. The summed E-state index contributed by atoms with van der Waals surface area (Å²) in [6, 6.07) is 10.3. The first-order valence-corrected chi connectivity index (χ1v) is 8.11. The summed E-state index contributed by atoms with van der Waals surface area (Å²) < 4.78 is 7.59. The Morgan fingerprint density at radius 1 is 1.35 bits per heavy atom. The maximum atomic E-state index is 10.3. The lowest BCUT2D eigenvalue weighted by atomic mass is 10.2. The lowest BCUT2D eigenvalue weighted by molar-refractivity contribution is 0.00705. The molecule has 2 heterocycles. The number of rotatable bonds is 7. The number of benzene rings is 1. The van der Waals surface area contributed by atoms with Crippen molar-refractivity contribution in [1.82, 2.24) is 19.7 Å². The molecule has 2 unspecified atom stereocenters. The van der Waals surface area contributed by atoms with E-state index in [0.29, 0.717) is 19.8 Å². The average molecular weight is 316 g/mol. The second-order valence-electron chi connectivity index (χ2n) is 6.11. The monoisotopic (exact) mass is 316 g/mol. The van der Waals surface area contributed by atoms with Crippen LogP contribution in [0.1, 0.15) is 30.3 Å². The second kappa shape index (κ2) is 7.68. The Morgan fingerprint density at radius 3 is 2.91 bits per heavy atom. The molecule has 0 amide bonds. The molecule has 1 aromatic heterocycles. The number of aliphatic hydroxyl groups excluding tert-OH is 1. The van der Waals surface area contributed by atoms with Gasteiger partial charge in [0.25, 0.3) is 0 Å². The van der Waals surface area contributed by atoms with Gasteiger partial charge in [0, 0.05) is 13.6 Å². The Labute approximate surface area is 136 Å². The maximum Gasteiger partial charge on any atom is 0.149 e. The summed E-state index contributed by atoms with van der Waals surface area (Å²) >= 11 is 0. The van der Waals surface area contributed by atoms with Crippen LogP contribution in [0.5, 0.6) is 0 Å². The average Bonchev–Trinajstić information content (AvgIpc) is 3.17. The molecular weight excluding hydrogens is 292 g/mol. The summed E-state index contributed by atoms with van der Waals surface area (Å²) in [4.78, 5) is 2.28. The molecule has 23 heavy (non-hydrogen) atoms. The molecule has 1 aliphatic rings. The van der Waals surface area contributed by atoms with Gasteiger partial charge in [-0.05, 0) is 24.9 Å². The van der Waals surface area contributed by atoms with E-state index >= 15 is 0 Å². The zero-order valence-corrected chi connectivity index (χ0v) is 13.5. The second-order valence-corrected chi connectivity index (χ2v) is 6.11. The van der Waals surface area contributed by atoms with Crippen LogP contribution in [0.4, 0.5) is 0 Å². The zero-order chi connectivity index (χ0) is 16.1. The number of nitrogens with zero attached hydrogens (tertiary/aromatic N) is 4. The topological polar surface area (TPSA) is 63.4 Å². The highest BCUT2D eigenvalue weighted by Crippen LogP contribution is 2.30. The van der Waals surface area contributed by atoms with Crippen LogP contribution >= 0.6 is 0 Å². The van der Waals surface area contributed by atoms with Crippen molar-refractivity contribution in [2.45, 2.75) is 31.6 Å². The summed E-state index contributed by atoms with van der Waals surface area (Å²) in [6.07, 6.45) is 3.41. The van der Waals surface area contributed by atoms with Crippen LogP contribution < -0.4 is 0 Å². The number of hydrogen-bond acceptors (Lipinski definition) is 5. The number of ether oxygens (including phenoxy) is 1. The van der Waals surface area contributed by atoms with Crippen LogP contribution in [0.3, 0.4) is 0 Å². The Kier molecular flexibility index (Phi) is 5.38. The minimum absolute atomic E-state index is 0.242. The molecule has 1 N–H and O–H groups in total. The van der Waals surface area contributed by atoms with E-state index in [2.05, 4.69) is 15.1 Å².